The van der Waals surface area contributed by atoms with Gasteiger partial charge in [0.1, 0.15) is 5.82 Å². The second-order valence-electron chi connectivity index (χ2n) is 7.43. The van der Waals surface area contributed by atoms with Gasteiger partial charge in [-0.1, -0.05) is 6.07 Å². The van der Waals surface area contributed by atoms with Crippen LogP contribution in [0.4, 0.5) is 10.1 Å². The number of hydrogen-bond acceptors (Lipinski definition) is 5. The Hall–Kier alpha value is -1.45. The molecule has 0 saturated carbocycles. The Morgan fingerprint density at radius 2 is 1.77 bits per heavy atom. The van der Waals surface area contributed by atoms with Gasteiger partial charge in [0.25, 0.3) is 0 Å². The molecule has 3 rings (SSSR count). The molecule has 1 atom stereocenters. The van der Waals surface area contributed by atoms with Crippen molar-refractivity contribution in [3.63, 3.8) is 0 Å². The zero-order chi connectivity index (χ0) is 19.9. The van der Waals surface area contributed by atoms with Gasteiger partial charge in [0.15, 0.2) is 0 Å². The highest BCUT2D eigenvalue weighted by Crippen LogP contribution is 2.13. The van der Waals surface area contributed by atoms with Gasteiger partial charge in [0.2, 0.25) is 11.8 Å². The van der Waals surface area contributed by atoms with Crippen molar-refractivity contribution in [2.75, 3.05) is 64.2 Å². The summed E-state index contributed by atoms with van der Waals surface area (Å²) in [6, 6.07) is 5.65. The highest BCUT2D eigenvalue weighted by molar-refractivity contribution is 5.94. The summed E-state index contributed by atoms with van der Waals surface area (Å²) in [5.41, 5.74) is 0.474. The summed E-state index contributed by atoms with van der Waals surface area (Å²) in [6.07, 6.45) is 0.551. The lowest BCUT2D eigenvalue weighted by molar-refractivity contribution is -0.132. The second-order valence-corrected chi connectivity index (χ2v) is 7.43. The highest BCUT2D eigenvalue weighted by Gasteiger charge is 2.26. The fraction of sp³-hybridized carbons (Fsp3) is 0.600. The number of nitrogens with one attached hydrogen (secondary N) is 2. The third-order valence-electron chi connectivity index (χ3n) is 5.54. The Balaban J connectivity index is 0.00000225. The molecular formula is C20H32Cl2FN5O2. The van der Waals surface area contributed by atoms with Crippen LogP contribution in [0.25, 0.3) is 0 Å². The quantitative estimate of drug-likeness (QED) is 0.667. The molecule has 1 unspecified atom stereocenters. The van der Waals surface area contributed by atoms with E-state index in [0.29, 0.717) is 12.1 Å². The van der Waals surface area contributed by atoms with Gasteiger partial charge in [0, 0.05) is 71.0 Å². The number of amides is 2. The predicted octanol–water partition coefficient (Wildman–Crippen LogP) is 1.44. The number of carbonyl (C=O) groups is 2. The van der Waals surface area contributed by atoms with E-state index in [9.17, 15) is 14.0 Å². The minimum Gasteiger partial charge on any atom is -0.340 e. The smallest absolute Gasteiger partial charge is 0.241 e. The van der Waals surface area contributed by atoms with E-state index in [4.69, 9.17) is 0 Å². The number of nitrogens with zero attached hydrogens (tertiary/aromatic N) is 3. The van der Waals surface area contributed by atoms with E-state index < -0.39 is 0 Å². The number of halogens is 3. The fourth-order valence-electron chi connectivity index (χ4n) is 3.68. The third kappa shape index (κ3) is 7.67. The van der Waals surface area contributed by atoms with E-state index in [1.54, 1.807) is 12.1 Å². The van der Waals surface area contributed by atoms with Crippen molar-refractivity contribution in [3.8, 4) is 0 Å². The maximum atomic E-state index is 13.3. The van der Waals surface area contributed by atoms with Crippen LogP contribution in [-0.2, 0) is 9.59 Å². The van der Waals surface area contributed by atoms with Crippen LogP contribution in [0.1, 0.15) is 13.3 Å². The van der Waals surface area contributed by atoms with Crippen molar-refractivity contribution in [1.82, 2.24) is 20.0 Å². The average Bonchev–Trinajstić information content (AvgIpc) is 2.72. The molecule has 30 heavy (non-hydrogen) atoms. The van der Waals surface area contributed by atoms with Gasteiger partial charge in [0.05, 0.1) is 6.04 Å². The van der Waals surface area contributed by atoms with Gasteiger partial charge in [-0.15, -0.1) is 24.8 Å². The zero-order valence-corrected chi connectivity index (χ0v) is 18.9. The van der Waals surface area contributed by atoms with Crippen LogP contribution in [0.5, 0.6) is 0 Å². The fourth-order valence-corrected chi connectivity index (χ4v) is 3.68. The van der Waals surface area contributed by atoms with Crippen LogP contribution < -0.4 is 10.6 Å². The van der Waals surface area contributed by atoms with E-state index in [-0.39, 0.29) is 48.5 Å². The molecule has 7 nitrogen and oxygen atoms in total. The monoisotopic (exact) mass is 463 g/mol. The molecule has 10 heteroatoms. The molecule has 0 spiro atoms. The summed E-state index contributed by atoms with van der Waals surface area (Å²) < 4.78 is 13.3. The number of anilines is 1. The van der Waals surface area contributed by atoms with E-state index in [1.807, 2.05) is 11.8 Å². The molecule has 2 aliphatic rings. The van der Waals surface area contributed by atoms with Crippen LogP contribution >= 0.6 is 24.8 Å². The van der Waals surface area contributed by atoms with Crippen molar-refractivity contribution < 1.29 is 14.0 Å². The summed E-state index contributed by atoms with van der Waals surface area (Å²) in [5.74, 6) is -0.269. The number of rotatable bonds is 6. The summed E-state index contributed by atoms with van der Waals surface area (Å²) in [4.78, 5) is 31.1. The van der Waals surface area contributed by atoms with Gasteiger partial charge >= 0.3 is 0 Å². The van der Waals surface area contributed by atoms with Crippen molar-refractivity contribution in [3.05, 3.63) is 30.1 Å². The molecule has 2 aliphatic heterocycles. The lowest BCUT2D eigenvalue weighted by atomic mass is 10.2. The first-order chi connectivity index (χ1) is 13.5. The van der Waals surface area contributed by atoms with Gasteiger partial charge in [-0.2, -0.15) is 0 Å². The maximum Gasteiger partial charge on any atom is 0.241 e. The van der Waals surface area contributed by atoms with Crippen LogP contribution in [0, 0.1) is 5.82 Å². The summed E-state index contributed by atoms with van der Waals surface area (Å²) in [6.45, 7) is 9.21. The Bertz CT molecular complexity index is 683. The first-order valence-electron chi connectivity index (χ1n) is 10.0. The molecule has 0 radical (unpaired) electrons. The molecule has 2 N–H and O–H groups in total. The number of hydrogen-bond donors (Lipinski definition) is 2. The van der Waals surface area contributed by atoms with Crippen molar-refractivity contribution >= 4 is 42.3 Å². The Labute approximate surface area is 190 Å². The SMILES string of the molecule is CC(C(=O)Nc1cccc(F)c1)N1CCN(CCC(=O)N2CCNCC2)CC1.Cl.Cl. The van der Waals surface area contributed by atoms with E-state index >= 15 is 0 Å². The first-order valence-corrected chi connectivity index (χ1v) is 10.0. The molecule has 170 valence electrons. The van der Waals surface area contributed by atoms with Crippen LogP contribution in [0.3, 0.4) is 0 Å². The van der Waals surface area contributed by atoms with E-state index in [1.165, 1.54) is 12.1 Å². The number of piperazine rings is 2. The molecule has 0 aliphatic carbocycles. The minimum atomic E-state index is -0.366. The Kier molecular flexibility index (Phi) is 11.6. The first kappa shape index (κ1) is 26.6. The lowest BCUT2D eigenvalue weighted by Crippen LogP contribution is -2.53. The standard InChI is InChI=1S/C20H30FN5O2.2ClH/c1-16(20(28)23-18-4-2-3-17(21)15-18)25-13-11-24(12-14-25)8-5-19(27)26-9-6-22-7-10-26;;/h2-4,15-16,22H,5-14H2,1H3,(H,23,28);2*1H. The molecule has 0 bridgehead atoms. The Morgan fingerprint density at radius 3 is 2.40 bits per heavy atom. The molecule has 2 heterocycles. The topological polar surface area (TPSA) is 67.9 Å². The zero-order valence-electron chi connectivity index (χ0n) is 17.3. The van der Waals surface area contributed by atoms with Crippen LogP contribution in [0.15, 0.2) is 24.3 Å². The summed E-state index contributed by atoms with van der Waals surface area (Å²) in [5, 5.41) is 6.03. The third-order valence-corrected chi connectivity index (χ3v) is 5.54. The molecule has 2 saturated heterocycles. The lowest BCUT2D eigenvalue weighted by Gasteiger charge is -2.37. The molecule has 0 aromatic heterocycles. The van der Waals surface area contributed by atoms with Gasteiger partial charge in [-0.25, -0.2) is 4.39 Å². The normalized spacial score (nSPS) is 18.7. The maximum absolute atomic E-state index is 13.3. The summed E-state index contributed by atoms with van der Waals surface area (Å²) in [7, 11) is 0. The summed E-state index contributed by atoms with van der Waals surface area (Å²) >= 11 is 0. The van der Waals surface area contributed by atoms with Crippen molar-refractivity contribution in [1.29, 1.82) is 0 Å². The second kappa shape index (κ2) is 13.1. The van der Waals surface area contributed by atoms with Crippen molar-refractivity contribution in [2.24, 2.45) is 0 Å². The van der Waals surface area contributed by atoms with E-state index in [0.717, 1.165) is 58.9 Å². The van der Waals surface area contributed by atoms with Gasteiger partial charge in [-0.05, 0) is 25.1 Å². The minimum absolute atomic E-state index is 0. The average molecular weight is 464 g/mol. The molecular weight excluding hydrogens is 432 g/mol. The predicted molar refractivity (Wildman–Crippen MR) is 121 cm³/mol. The van der Waals surface area contributed by atoms with Crippen LogP contribution in [-0.4, -0.2) is 91.5 Å². The van der Waals surface area contributed by atoms with Crippen molar-refractivity contribution in [2.45, 2.75) is 19.4 Å². The van der Waals surface area contributed by atoms with Gasteiger partial charge in [-0.3, -0.25) is 14.5 Å². The van der Waals surface area contributed by atoms with Crippen LogP contribution in [0.2, 0.25) is 0 Å². The number of carbonyl (C=O) groups excluding carboxylic acids is 2. The molecule has 2 amide bonds. The molecule has 2 fully saturated rings. The highest BCUT2D eigenvalue weighted by atomic mass is 35.5. The van der Waals surface area contributed by atoms with Gasteiger partial charge < -0.3 is 20.4 Å². The number of benzene rings is 1. The Morgan fingerprint density at radius 1 is 1.10 bits per heavy atom. The molecule has 1 aromatic rings. The largest absolute Gasteiger partial charge is 0.340 e. The molecule has 1 aromatic carbocycles. The van der Waals surface area contributed by atoms with E-state index in [2.05, 4.69) is 20.4 Å².